The van der Waals surface area contributed by atoms with Crippen LogP contribution in [0.15, 0.2) is 24.4 Å². The van der Waals surface area contributed by atoms with Crippen molar-refractivity contribution in [2.45, 2.75) is 52.4 Å². The number of hydrogen-bond donors (Lipinski definition) is 1. The third-order valence-corrected chi connectivity index (χ3v) is 4.22. The van der Waals surface area contributed by atoms with E-state index in [1.807, 2.05) is 16.9 Å². The first-order valence-electron chi connectivity index (χ1n) is 8.06. The normalized spacial score (nSPS) is 17.0. The molecule has 22 heavy (non-hydrogen) atoms. The molecule has 0 saturated carbocycles. The van der Waals surface area contributed by atoms with Crippen molar-refractivity contribution in [1.82, 2.24) is 19.7 Å². The Morgan fingerprint density at radius 3 is 2.86 bits per heavy atom. The van der Waals surface area contributed by atoms with Crippen LogP contribution in [-0.4, -0.2) is 31.3 Å². The van der Waals surface area contributed by atoms with Crippen LogP contribution < -0.4 is 0 Å². The lowest BCUT2D eigenvalue weighted by Crippen LogP contribution is -2.23. The number of nitrogens with zero attached hydrogens (tertiary/aromatic N) is 4. The number of aliphatic hydroxyl groups is 1. The summed E-state index contributed by atoms with van der Waals surface area (Å²) in [7, 11) is 0. The van der Waals surface area contributed by atoms with E-state index >= 15 is 0 Å². The summed E-state index contributed by atoms with van der Waals surface area (Å²) in [6.45, 7) is 7.59. The summed E-state index contributed by atoms with van der Waals surface area (Å²) in [6, 6.07) is 6.31. The van der Waals surface area contributed by atoms with Gasteiger partial charge < -0.3 is 5.11 Å². The molecule has 2 aromatic heterocycles. The molecular formula is C17H24N4O. The van der Waals surface area contributed by atoms with Gasteiger partial charge in [0, 0.05) is 32.4 Å². The minimum Gasteiger partial charge on any atom is -0.387 e. The van der Waals surface area contributed by atoms with Gasteiger partial charge in [-0.1, -0.05) is 13.0 Å². The fraction of sp³-hybridized carbons (Fsp3) is 0.529. The maximum Gasteiger partial charge on any atom is 0.0950 e. The predicted molar refractivity (Wildman–Crippen MR) is 85.2 cm³/mol. The highest BCUT2D eigenvalue weighted by atomic mass is 16.3. The number of hydrogen-bond acceptors (Lipinski definition) is 4. The molecule has 0 spiro atoms. The second kappa shape index (κ2) is 6.58. The van der Waals surface area contributed by atoms with Crippen LogP contribution in [-0.2, 0) is 26.1 Å². The average Bonchev–Trinajstić information content (AvgIpc) is 2.82. The van der Waals surface area contributed by atoms with Crippen LogP contribution >= 0.6 is 0 Å². The van der Waals surface area contributed by atoms with Gasteiger partial charge >= 0.3 is 0 Å². The van der Waals surface area contributed by atoms with Crippen LogP contribution in [0, 0.1) is 0 Å². The molecule has 5 nitrogen and oxygen atoms in total. The lowest BCUT2D eigenvalue weighted by molar-refractivity contribution is 0.193. The van der Waals surface area contributed by atoms with E-state index in [9.17, 15) is 5.11 Å². The number of aliphatic hydroxyl groups excluding tert-OH is 1. The van der Waals surface area contributed by atoms with Gasteiger partial charge in [0.15, 0.2) is 0 Å². The zero-order valence-corrected chi connectivity index (χ0v) is 13.4. The molecule has 1 aliphatic rings. The van der Waals surface area contributed by atoms with E-state index in [4.69, 9.17) is 0 Å². The van der Waals surface area contributed by atoms with Gasteiger partial charge in [0.25, 0.3) is 0 Å². The first-order chi connectivity index (χ1) is 10.7. The lowest BCUT2D eigenvalue weighted by atomic mass is 10.2. The fourth-order valence-corrected chi connectivity index (χ4v) is 2.88. The van der Waals surface area contributed by atoms with E-state index in [2.05, 4.69) is 34.0 Å². The number of aryl methyl sites for hydroxylation is 2. The largest absolute Gasteiger partial charge is 0.387 e. The van der Waals surface area contributed by atoms with E-state index < -0.39 is 6.10 Å². The van der Waals surface area contributed by atoms with Gasteiger partial charge in [-0.25, -0.2) is 0 Å². The summed E-state index contributed by atoms with van der Waals surface area (Å²) in [6.07, 6.45) is 3.57. The number of rotatable bonds is 4. The molecule has 2 aromatic rings. The Labute approximate surface area is 131 Å². The summed E-state index contributed by atoms with van der Waals surface area (Å²) in [5.41, 5.74) is 4.33. The van der Waals surface area contributed by atoms with Crippen molar-refractivity contribution in [3.63, 3.8) is 0 Å². The van der Waals surface area contributed by atoms with E-state index in [-0.39, 0.29) is 0 Å². The van der Waals surface area contributed by atoms with Crippen molar-refractivity contribution in [3.8, 4) is 0 Å². The van der Waals surface area contributed by atoms with E-state index in [0.717, 1.165) is 50.4 Å². The van der Waals surface area contributed by atoms with Crippen LogP contribution in [0.2, 0.25) is 0 Å². The van der Waals surface area contributed by atoms with Gasteiger partial charge in [-0.3, -0.25) is 14.6 Å². The Bertz CT molecular complexity index is 618. The van der Waals surface area contributed by atoms with E-state index in [1.54, 1.807) is 6.92 Å². The van der Waals surface area contributed by atoms with Crippen molar-refractivity contribution < 1.29 is 5.11 Å². The molecule has 0 unspecified atom stereocenters. The van der Waals surface area contributed by atoms with Gasteiger partial charge in [0.1, 0.15) is 0 Å². The molecule has 0 fully saturated rings. The maximum atomic E-state index is 9.69. The summed E-state index contributed by atoms with van der Waals surface area (Å²) in [5.74, 6) is 0. The minimum absolute atomic E-state index is 0.504. The molecule has 3 heterocycles. The Balaban J connectivity index is 1.71. The molecular weight excluding hydrogens is 276 g/mol. The highest BCUT2D eigenvalue weighted by Gasteiger charge is 2.18. The van der Waals surface area contributed by atoms with Crippen LogP contribution in [0.5, 0.6) is 0 Å². The third-order valence-electron chi connectivity index (χ3n) is 4.22. The smallest absolute Gasteiger partial charge is 0.0950 e. The van der Waals surface area contributed by atoms with Crippen molar-refractivity contribution >= 4 is 0 Å². The van der Waals surface area contributed by atoms with Crippen LogP contribution in [0.4, 0.5) is 0 Å². The standard InChI is InChI=1S/C17H24N4O/c1-3-14-5-6-15(18-10-14)11-20-7-4-8-21-16(12-20)9-17(19-21)13(2)22/h5-6,9-10,13,22H,3-4,7-8,11-12H2,1-2H3/t13-/m1/s1. The molecule has 1 atom stereocenters. The fourth-order valence-electron chi connectivity index (χ4n) is 2.88. The average molecular weight is 300 g/mol. The summed E-state index contributed by atoms with van der Waals surface area (Å²) in [4.78, 5) is 6.96. The second-order valence-corrected chi connectivity index (χ2v) is 6.04. The Hall–Kier alpha value is -1.72. The second-order valence-electron chi connectivity index (χ2n) is 6.04. The molecule has 0 aromatic carbocycles. The third kappa shape index (κ3) is 3.36. The molecule has 0 amide bonds. The van der Waals surface area contributed by atoms with Crippen molar-refractivity contribution in [2.24, 2.45) is 0 Å². The molecule has 0 radical (unpaired) electrons. The Morgan fingerprint density at radius 1 is 1.32 bits per heavy atom. The van der Waals surface area contributed by atoms with Crippen LogP contribution in [0.1, 0.15) is 49.0 Å². The molecule has 1 aliphatic heterocycles. The number of aromatic nitrogens is 3. The highest BCUT2D eigenvalue weighted by Crippen LogP contribution is 2.19. The number of fused-ring (bicyclic) bond motifs is 1. The van der Waals surface area contributed by atoms with Crippen LogP contribution in [0.3, 0.4) is 0 Å². The first kappa shape index (κ1) is 15.2. The minimum atomic E-state index is -0.504. The van der Waals surface area contributed by atoms with Crippen molar-refractivity contribution in [3.05, 3.63) is 47.0 Å². The topological polar surface area (TPSA) is 54.2 Å². The first-order valence-corrected chi connectivity index (χ1v) is 8.06. The SMILES string of the molecule is CCc1ccc(CN2CCCn3nc([C@@H](C)O)cc3C2)nc1. The van der Waals surface area contributed by atoms with Crippen molar-refractivity contribution in [2.75, 3.05) is 6.54 Å². The van der Waals surface area contributed by atoms with Gasteiger partial charge in [-0.2, -0.15) is 5.10 Å². The highest BCUT2D eigenvalue weighted by molar-refractivity contribution is 5.15. The quantitative estimate of drug-likeness (QED) is 0.941. The van der Waals surface area contributed by atoms with Crippen LogP contribution in [0.25, 0.3) is 0 Å². The predicted octanol–water partition coefficient (Wildman–Crippen LogP) is 2.30. The van der Waals surface area contributed by atoms with E-state index in [1.165, 1.54) is 11.3 Å². The molecule has 118 valence electrons. The summed E-state index contributed by atoms with van der Waals surface area (Å²) < 4.78 is 2.04. The number of pyridine rings is 1. The zero-order chi connectivity index (χ0) is 15.5. The van der Waals surface area contributed by atoms with E-state index in [0.29, 0.717) is 0 Å². The monoisotopic (exact) mass is 300 g/mol. The zero-order valence-electron chi connectivity index (χ0n) is 13.4. The summed E-state index contributed by atoms with van der Waals surface area (Å²) >= 11 is 0. The van der Waals surface area contributed by atoms with Gasteiger partial charge in [-0.15, -0.1) is 0 Å². The molecule has 0 saturated heterocycles. The molecule has 0 aliphatic carbocycles. The van der Waals surface area contributed by atoms with Gasteiger partial charge in [-0.05, 0) is 37.5 Å². The molecule has 0 bridgehead atoms. The van der Waals surface area contributed by atoms with Gasteiger partial charge in [0.05, 0.1) is 23.2 Å². The summed E-state index contributed by atoms with van der Waals surface area (Å²) in [5, 5.41) is 14.2. The lowest BCUT2D eigenvalue weighted by Gasteiger charge is -2.19. The Morgan fingerprint density at radius 2 is 2.18 bits per heavy atom. The maximum absolute atomic E-state index is 9.69. The Kier molecular flexibility index (Phi) is 4.55. The molecule has 5 heteroatoms. The van der Waals surface area contributed by atoms with Crippen molar-refractivity contribution in [1.29, 1.82) is 0 Å². The molecule has 1 N–H and O–H groups in total. The molecule has 3 rings (SSSR count). The van der Waals surface area contributed by atoms with Gasteiger partial charge in [0.2, 0.25) is 0 Å².